The molecule has 2 nitrogen and oxygen atoms in total. The van der Waals surface area contributed by atoms with Gasteiger partial charge in [-0.25, -0.2) is 0 Å². The Bertz CT molecular complexity index is 422. The maximum Gasteiger partial charge on any atom is 0.0651 e. The van der Waals surface area contributed by atoms with Gasteiger partial charge in [-0.15, -0.1) is 0 Å². The van der Waals surface area contributed by atoms with Crippen LogP contribution in [0.4, 0.5) is 0 Å². The van der Waals surface area contributed by atoms with Crippen LogP contribution in [0.5, 0.6) is 0 Å². The zero-order valence-electron chi connectivity index (χ0n) is 8.20. The van der Waals surface area contributed by atoms with E-state index in [0.717, 1.165) is 18.6 Å². The molecule has 0 amide bonds. The molecule has 0 aromatic heterocycles. The minimum Gasteiger partial charge on any atom is -0.411 e. The van der Waals surface area contributed by atoms with Crippen LogP contribution >= 0.6 is 0 Å². The van der Waals surface area contributed by atoms with Crippen LogP contribution < -0.4 is 0 Å². The molecule has 2 heteroatoms. The largest absolute Gasteiger partial charge is 0.411 e. The first kappa shape index (κ1) is 8.04. The van der Waals surface area contributed by atoms with Crippen LogP contribution in [0, 0.1) is 6.92 Å². The van der Waals surface area contributed by atoms with E-state index in [9.17, 15) is 0 Å². The van der Waals surface area contributed by atoms with Gasteiger partial charge in [-0.1, -0.05) is 23.4 Å². The lowest BCUT2D eigenvalue weighted by atomic mass is 9.87. The summed E-state index contributed by atoms with van der Waals surface area (Å²) in [5.74, 6) is 1.02. The molecule has 1 aromatic rings. The normalized spacial score (nSPS) is 31.1. The number of hydrogen-bond acceptors (Lipinski definition) is 2. The molecule has 2 bridgehead atoms. The van der Waals surface area contributed by atoms with Gasteiger partial charge in [-0.05, 0) is 42.4 Å². The first-order chi connectivity index (χ1) is 6.81. The number of nitrogens with zero attached hydrogens (tertiary/aromatic N) is 1. The Balaban J connectivity index is 2.21. The minimum atomic E-state index is 0.404. The van der Waals surface area contributed by atoms with Crippen LogP contribution in [-0.2, 0) is 0 Å². The van der Waals surface area contributed by atoms with E-state index in [1.165, 1.54) is 16.7 Å². The Morgan fingerprint density at radius 3 is 3.07 bits per heavy atom. The van der Waals surface area contributed by atoms with Crippen molar-refractivity contribution in [3.05, 3.63) is 34.9 Å². The van der Waals surface area contributed by atoms with Gasteiger partial charge in [0, 0.05) is 5.92 Å². The highest BCUT2D eigenvalue weighted by Gasteiger charge is 2.42. The Morgan fingerprint density at radius 2 is 2.29 bits per heavy atom. The zero-order valence-corrected chi connectivity index (χ0v) is 8.20. The lowest BCUT2D eigenvalue weighted by Crippen LogP contribution is -2.11. The quantitative estimate of drug-likeness (QED) is 0.491. The van der Waals surface area contributed by atoms with Crippen LogP contribution in [0.1, 0.15) is 41.4 Å². The van der Waals surface area contributed by atoms with Crippen LogP contribution in [0.15, 0.2) is 23.4 Å². The fourth-order valence-electron chi connectivity index (χ4n) is 3.07. The molecule has 2 aliphatic rings. The Morgan fingerprint density at radius 1 is 1.43 bits per heavy atom. The van der Waals surface area contributed by atoms with Crippen LogP contribution in [0.25, 0.3) is 0 Å². The summed E-state index contributed by atoms with van der Waals surface area (Å²) >= 11 is 0. The van der Waals surface area contributed by atoms with Gasteiger partial charge >= 0.3 is 0 Å². The van der Waals surface area contributed by atoms with Crippen molar-refractivity contribution in [3.63, 3.8) is 0 Å². The van der Waals surface area contributed by atoms with Crippen molar-refractivity contribution in [3.8, 4) is 0 Å². The molecule has 1 saturated carbocycles. The number of hydrogen-bond donors (Lipinski definition) is 1. The first-order valence-corrected chi connectivity index (χ1v) is 5.11. The standard InChI is InChI=1S/C12H13NO/c1-7-3-2-4-9-8-5-10(12(7)9)11(6-8)13-14/h2-4,8,10,14H,5-6H2,1H3. The van der Waals surface area contributed by atoms with E-state index in [-0.39, 0.29) is 0 Å². The summed E-state index contributed by atoms with van der Waals surface area (Å²) in [7, 11) is 0. The molecule has 0 radical (unpaired) electrons. The molecule has 2 unspecified atom stereocenters. The molecule has 0 spiro atoms. The monoisotopic (exact) mass is 187 g/mol. The summed E-state index contributed by atoms with van der Waals surface area (Å²) < 4.78 is 0. The highest BCUT2D eigenvalue weighted by atomic mass is 16.4. The van der Waals surface area contributed by atoms with Crippen LogP contribution in [0.3, 0.4) is 0 Å². The SMILES string of the molecule is Cc1cccc2c1C1CC2CC1=NO. The molecule has 72 valence electrons. The van der Waals surface area contributed by atoms with E-state index in [1.807, 2.05) is 0 Å². The van der Waals surface area contributed by atoms with Crippen molar-refractivity contribution in [2.24, 2.45) is 5.16 Å². The second kappa shape index (κ2) is 2.59. The van der Waals surface area contributed by atoms with Crippen molar-refractivity contribution in [1.29, 1.82) is 0 Å². The van der Waals surface area contributed by atoms with Crippen molar-refractivity contribution in [2.45, 2.75) is 31.6 Å². The molecule has 0 saturated heterocycles. The predicted octanol–water partition coefficient (Wildman–Crippen LogP) is 2.80. The van der Waals surface area contributed by atoms with Gasteiger partial charge in [-0.2, -0.15) is 0 Å². The fourth-order valence-corrected chi connectivity index (χ4v) is 3.07. The number of benzene rings is 1. The van der Waals surface area contributed by atoms with E-state index < -0.39 is 0 Å². The minimum absolute atomic E-state index is 0.404. The van der Waals surface area contributed by atoms with E-state index >= 15 is 0 Å². The molecule has 3 rings (SSSR count). The molecule has 1 N–H and O–H groups in total. The predicted molar refractivity (Wildman–Crippen MR) is 55.1 cm³/mol. The molecular formula is C12H13NO. The molecule has 2 aliphatic carbocycles. The molecule has 14 heavy (non-hydrogen) atoms. The van der Waals surface area contributed by atoms with Gasteiger partial charge < -0.3 is 5.21 Å². The maximum absolute atomic E-state index is 8.89. The molecule has 0 heterocycles. The Hall–Kier alpha value is -1.31. The van der Waals surface area contributed by atoms with Gasteiger partial charge in [0.25, 0.3) is 0 Å². The van der Waals surface area contributed by atoms with Gasteiger partial charge in [0.1, 0.15) is 0 Å². The van der Waals surface area contributed by atoms with Gasteiger partial charge in [0.15, 0.2) is 0 Å². The third kappa shape index (κ3) is 0.834. The van der Waals surface area contributed by atoms with Gasteiger partial charge in [0.2, 0.25) is 0 Å². The van der Waals surface area contributed by atoms with E-state index in [1.54, 1.807) is 0 Å². The summed E-state index contributed by atoms with van der Waals surface area (Å²) in [6, 6.07) is 6.50. The summed E-state index contributed by atoms with van der Waals surface area (Å²) in [4.78, 5) is 0. The van der Waals surface area contributed by atoms with Crippen molar-refractivity contribution in [1.82, 2.24) is 0 Å². The summed E-state index contributed by atoms with van der Waals surface area (Å²) in [6.07, 6.45) is 2.11. The fraction of sp³-hybridized carbons (Fsp3) is 0.417. The Labute approximate surface area is 83.3 Å². The number of aryl methyl sites for hydroxylation is 1. The van der Waals surface area contributed by atoms with Crippen molar-refractivity contribution in [2.75, 3.05) is 0 Å². The number of fused-ring (bicyclic) bond motifs is 5. The first-order valence-electron chi connectivity index (χ1n) is 5.11. The van der Waals surface area contributed by atoms with Crippen LogP contribution in [0.2, 0.25) is 0 Å². The third-order valence-electron chi connectivity index (χ3n) is 3.65. The summed E-state index contributed by atoms with van der Waals surface area (Å²) in [6.45, 7) is 2.15. The smallest absolute Gasteiger partial charge is 0.0651 e. The summed E-state index contributed by atoms with van der Waals surface area (Å²) in [5, 5.41) is 12.3. The molecular weight excluding hydrogens is 174 g/mol. The molecule has 1 aromatic carbocycles. The molecule has 1 fully saturated rings. The molecule has 0 aliphatic heterocycles. The van der Waals surface area contributed by atoms with E-state index in [2.05, 4.69) is 30.3 Å². The van der Waals surface area contributed by atoms with E-state index in [0.29, 0.717) is 11.8 Å². The highest BCUT2D eigenvalue weighted by molar-refractivity contribution is 5.96. The van der Waals surface area contributed by atoms with Gasteiger partial charge in [0.05, 0.1) is 5.71 Å². The average Bonchev–Trinajstić information content (AvgIpc) is 2.75. The second-order valence-electron chi connectivity index (χ2n) is 4.36. The third-order valence-corrected chi connectivity index (χ3v) is 3.65. The lowest BCUT2D eigenvalue weighted by molar-refractivity contribution is 0.316. The zero-order chi connectivity index (χ0) is 9.71. The maximum atomic E-state index is 8.89. The number of oxime groups is 1. The van der Waals surface area contributed by atoms with Crippen molar-refractivity contribution >= 4 is 5.71 Å². The van der Waals surface area contributed by atoms with Crippen LogP contribution in [-0.4, -0.2) is 10.9 Å². The van der Waals surface area contributed by atoms with E-state index in [4.69, 9.17) is 5.21 Å². The van der Waals surface area contributed by atoms with Gasteiger partial charge in [-0.3, -0.25) is 0 Å². The lowest BCUT2D eigenvalue weighted by Gasteiger charge is -2.17. The second-order valence-corrected chi connectivity index (χ2v) is 4.36. The molecule has 2 atom stereocenters. The van der Waals surface area contributed by atoms with Crippen molar-refractivity contribution < 1.29 is 5.21 Å². The highest BCUT2D eigenvalue weighted by Crippen LogP contribution is 2.52. The number of rotatable bonds is 0. The topological polar surface area (TPSA) is 32.6 Å². The average molecular weight is 187 g/mol. The Kier molecular flexibility index (Phi) is 1.49. The summed E-state index contributed by atoms with van der Waals surface area (Å²) in [5.41, 5.74) is 5.24.